The van der Waals surface area contributed by atoms with E-state index in [1.54, 1.807) is 0 Å². The van der Waals surface area contributed by atoms with Gasteiger partial charge in [0.05, 0.1) is 19.0 Å². The van der Waals surface area contributed by atoms with E-state index >= 15 is 0 Å². The Morgan fingerprint density at radius 2 is 2.08 bits per heavy atom. The van der Waals surface area contributed by atoms with Gasteiger partial charge in [-0.2, -0.15) is 0 Å². The van der Waals surface area contributed by atoms with Gasteiger partial charge >= 0.3 is 0 Å². The van der Waals surface area contributed by atoms with Crippen molar-refractivity contribution in [1.29, 1.82) is 0 Å². The molecule has 0 aromatic carbocycles. The molecule has 0 aliphatic heterocycles. The third kappa shape index (κ3) is 1.61. The van der Waals surface area contributed by atoms with E-state index in [4.69, 9.17) is 11.5 Å². The molecular formula is C7H9F2N3O. The maximum Gasteiger partial charge on any atom is 0.284 e. The van der Waals surface area contributed by atoms with E-state index in [2.05, 4.69) is 9.72 Å². The number of nitrogens with two attached hydrogens (primary N) is 2. The minimum atomic E-state index is -2.72. The first-order chi connectivity index (χ1) is 6.07. The van der Waals surface area contributed by atoms with Crippen molar-refractivity contribution in [1.82, 2.24) is 4.98 Å². The third-order valence-corrected chi connectivity index (χ3v) is 1.54. The third-order valence-electron chi connectivity index (χ3n) is 1.54. The molecule has 0 bridgehead atoms. The number of hydrogen-bond donors (Lipinski definition) is 2. The van der Waals surface area contributed by atoms with Gasteiger partial charge in [0.25, 0.3) is 6.43 Å². The second-order valence-electron chi connectivity index (χ2n) is 2.35. The van der Waals surface area contributed by atoms with Crippen LogP contribution < -0.4 is 16.2 Å². The van der Waals surface area contributed by atoms with Gasteiger partial charge in [0, 0.05) is 0 Å². The minimum Gasteiger partial charge on any atom is -0.492 e. The summed E-state index contributed by atoms with van der Waals surface area (Å²) in [5, 5.41) is 0. The number of alkyl halides is 2. The summed E-state index contributed by atoms with van der Waals surface area (Å²) in [6.07, 6.45) is -1.64. The highest BCUT2D eigenvalue weighted by Crippen LogP contribution is 2.34. The standard InChI is InChI=1S/C7H9F2N3O/c1-13-6-4(11)3(10)2-12-5(6)7(8)9/h2,7H,10H2,1H3,(H2,11,12). The average Bonchev–Trinajstić information content (AvgIpc) is 2.09. The monoisotopic (exact) mass is 189 g/mol. The summed E-state index contributed by atoms with van der Waals surface area (Å²) in [6.45, 7) is 0. The first kappa shape index (κ1) is 9.50. The molecule has 0 unspecified atom stereocenters. The van der Waals surface area contributed by atoms with Crippen LogP contribution in [0, 0.1) is 0 Å². The summed E-state index contributed by atoms with van der Waals surface area (Å²) in [6, 6.07) is 0. The zero-order valence-corrected chi connectivity index (χ0v) is 6.92. The van der Waals surface area contributed by atoms with E-state index in [0.29, 0.717) is 0 Å². The van der Waals surface area contributed by atoms with Crippen LogP contribution in [0.3, 0.4) is 0 Å². The number of pyridine rings is 1. The Morgan fingerprint density at radius 1 is 1.46 bits per heavy atom. The highest BCUT2D eigenvalue weighted by Gasteiger charge is 2.19. The molecule has 0 saturated heterocycles. The lowest BCUT2D eigenvalue weighted by Gasteiger charge is -2.10. The molecule has 0 spiro atoms. The van der Waals surface area contributed by atoms with Crippen LogP contribution in [0.1, 0.15) is 12.1 Å². The summed E-state index contributed by atoms with van der Waals surface area (Å²) in [7, 11) is 1.23. The fourth-order valence-electron chi connectivity index (χ4n) is 0.906. The molecule has 1 aromatic heterocycles. The molecule has 1 aromatic rings. The lowest BCUT2D eigenvalue weighted by atomic mass is 10.2. The number of halogens is 2. The van der Waals surface area contributed by atoms with E-state index in [1.807, 2.05) is 0 Å². The van der Waals surface area contributed by atoms with E-state index in [-0.39, 0.29) is 17.1 Å². The predicted octanol–water partition coefficient (Wildman–Crippen LogP) is 1.19. The highest BCUT2D eigenvalue weighted by atomic mass is 19.3. The second-order valence-corrected chi connectivity index (χ2v) is 2.35. The molecule has 1 rings (SSSR count). The Balaban J connectivity index is 3.30. The molecule has 13 heavy (non-hydrogen) atoms. The van der Waals surface area contributed by atoms with Crippen LogP contribution in [0.15, 0.2) is 6.20 Å². The van der Waals surface area contributed by atoms with Gasteiger partial charge in [-0.05, 0) is 0 Å². The van der Waals surface area contributed by atoms with Crippen LogP contribution in [0.2, 0.25) is 0 Å². The van der Waals surface area contributed by atoms with Crippen molar-refractivity contribution in [3.8, 4) is 5.75 Å². The number of nitrogen functional groups attached to an aromatic ring is 2. The van der Waals surface area contributed by atoms with Crippen molar-refractivity contribution in [2.45, 2.75) is 6.43 Å². The first-order valence-electron chi connectivity index (χ1n) is 3.44. The largest absolute Gasteiger partial charge is 0.492 e. The summed E-state index contributed by atoms with van der Waals surface area (Å²) in [5.74, 6) is -0.157. The highest BCUT2D eigenvalue weighted by molar-refractivity contribution is 5.71. The maximum absolute atomic E-state index is 12.3. The molecular weight excluding hydrogens is 180 g/mol. The summed E-state index contributed by atoms with van der Waals surface area (Å²) >= 11 is 0. The molecule has 72 valence electrons. The maximum atomic E-state index is 12.3. The SMILES string of the molecule is COc1c(C(F)F)ncc(N)c1N. The predicted molar refractivity (Wildman–Crippen MR) is 44.6 cm³/mol. The van der Waals surface area contributed by atoms with E-state index in [0.717, 1.165) is 6.20 Å². The van der Waals surface area contributed by atoms with Gasteiger partial charge in [-0.15, -0.1) is 0 Å². The molecule has 6 heteroatoms. The van der Waals surface area contributed by atoms with Crippen LogP contribution in [0.4, 0.5) is 20.2 Å². The van der Waals surface area contributed by atoms with Crippen molar-refractivity contribution < 1.29 is 13.5 Å². The molecule has 0 aliphatic rings. The number of rotatable bonds is 2. The van der Waals surface area contributed by atoms with Gasteiger partial charge in [-0.3, -0.25) is 0 Å². The van der Waals surface area contributed by atoms with Gasteiger partial charge in [0.2, 0.25) is 0 Å². The van der Waals surface area contributed by atoms with Crippen molar-refractivity contribution in [2.75, 3.05) is 18.6 Å². The van der Waals surface area contributed by atoms with Crippen LogP contribution in [0.5, 0.6) is 5.75 Å². The normalized spacial score (nSPS) is 10.5. The fourth-order valence-corrected chi connectivity index (χ4v) is 0.906. The average molecular weight is 189 g/mol. The topological polar surface area (TPSA) is 74.2 Å². The Kier molecular flexibility index (Phi) is 2.50. The smallest absolute Gasteiger partial charge is 0.284 e. The van der Waals surface area contributed by atoms with E-state index < -0.39 is 12.1 Å². The van der Waals surface area contributed by atoms with Crippen LogP contribution >= 0.6 is 0 Å². The van der Waals surface area contributed by atoms with Crippen LogP contribution in [0.25, 0.3) is 0 Å². The Bertz CT molecular complexity index is 317. The zero-order valence-electron chi connectivity index (χ0n) is 6.92. The summed E-state index contributed by atoms with van der Waals surface area (Å²) in [5.41, 5.74) is 10.4. The first-order valence-corrected chi connectivity index (χ1v) is 3.44. The van der Waals surface area contributed by atoms with Gasteiger partial charge in [0.1, 0.15) is 5.69 Å². The molecule has 4 nitrogen and oxygen atoms in total. The summed E-state index contributed by atoms with van der Waals surface area (Å²) in [4.78, 5) is 3.43. The Labute approximate surface area is 73.5 Å². The lowest BCUT2D eigenvalue weighted by Crippen LogP contribution is -2.04. The van der Waals surface area contributed by atoms with Crippen molar-refractivity contribution in [3.05, 3.63) is 11.9 Å². The Morgan fingerprint density at radius 3 is 2.54 bits per heavy atom. The number of anilines is 2. The zero-order chi connectivity index (χ0) is 10.0. The Hall–Kier alpha value is -1.59. The second kappa shape index (κ2) is 3.42. The van der Waals surface area contributed by atoms with Crippen molar-refractivity contribution in [3.63, 3.8) is 0 Å². The lowest BCUT2D eigenvalue weighted by molar-refractivity contribution is 0.141. The van der Waals surface area contributed by atoms with Gasteiger partial charge in [0.15, 0.2) is 11.4 Å². The summed E-state index contributed by atoms with van der Waals surface area (Å²) < 4.78 is 29.2. The quantitative estimate of drug-likeness (QED) is 0.732. The molecule has 0 atom stereocenters. The van der Waals surface area contributed by atoms with Gasteiger partial charge < -0.3 is 16.2 Å². The number of hydrogen-bond acceptors (Lipinski definition) is 4. The van der Waals surface area contributed by atoms with Gasteiger partial charge in [-0.1, -0.05) is 0 Å². The molecule has 4 N–H and O–H groups in total. The van der Waals surface area contributed by atoms with Crippen LogP contribution in [-0.4, -0.2) is 12.1 Å². The van der Waals surface area contributed by atoms with Crippen LogP contribution in [-0.2, 0) is 0 Å². The number of methoxy groups -OCH3 is 1. The molecule has 0 radical (unpaired) electrons. The molecule has 0 fully saturated rings. The van der Waals surface area contributed by atoms with E-state index in [9.17, 15) is 8.78 Å². The van der Waals surface area contributed by atoms with Crippen molar-refractivity contribution in [2.24, 2.45) is 0 Å². The number of ether oxygens (including phenoxy) is 1. The molecule has 1 heterocycles. The fraction of sp³-hybridized carbons (Fsp3) is 0.286. The molecule has 0 saturated carbocycles. The number of nitrogens with zero attached hydrogens (tertiary/aromatic N) is 1. The molecule has 0 amide bonds. The number of aromatic nitrogens is 1. The molecule has 0 aliphatic carbocycles. The van der Waals surface area contributed by atoms with Gasteiger partial charge in [-0.25, -0.2) is 13.8 Å². The van der Waals surface area contributed by atoms with E-state index in [1.165, 1.54) is 7.11 Å². The minimum absolute atomic E-state index is 0.00667. The van der Waals surface area contributed by atoms with Crippen molar-refractivity contribution >= 4 is 11.4 Å².